The number of carbonyl (C=O) groups is 1. The third-order valence-corrected chi connectivity index (χ3v) is 8.20. The maximum absolute atomic E-state index is 12.0. The van der Waals surface area contributed by atoms with E-state index in [-0.39, 0.29) is 24.0 Å². The van der Waals surface area contributed by atoms with Crippen molar-refractivity contribution < 1.29 is 9.53 Å². The molecular formula is C25H37IN4O2. The molecule has 2 aliphatic carbocycles. The summed E-state index contributed by atoms with van der Waals surface area (Å²) in [5.41, 5.74) is 2.95. The number of benzene rings is 1. The van der Waals surface area contributed by atoms with Crippen molar-refractivity contribution in [2.24, 2.45) is 10.4 Å². The van der Waals surface area contributed by atoms with Gasteiger partial charge in [-0.3, -0.25) is 9.79 Å². The van der Waals surface area contributed by atoms with E-state index in [0.29, 0.717) is 29.4 Å². The van der Waals surface area contributed by atoms with Crippen molar-refractivity contribution in [3.05, 3.63) is 29.8 Å². The number of likely N-dealkylation sites (tertiary alicyclic amines) is 1. The molecule has 1 amide bonds. The van der Waals surface area contributed by atoms with E-state index in [2.05, 4.69) is 41.4 Å². The number of fused-ring (bicyclic) bond motifs is 1. The van der Waals surface area contributed by atoms with Gasteiger partial charge in [0.2, 0.25) is 5.91 Å². The van der Waals surface area contributed by atoms with E-state index in [0.717, 1.165) is 57.9 Å². The molecule has 5 rings (SSSR count). The third kappa shape index (κ3) is 4.04. The maximum Gasteiger partial charge on any atom is 0.222 e. The number of halogens is 1. The maximum atomic E-state index is 12.0. The first kappa shape index (κ1) is 23.8. The van der Waals surface area contributed by atoms with E-state index in [1.165, 1.54) is 30.5 Å². The van der Waals surface area contributed by atoms with Crippen molar-refractivity contribution in [3.8, 4) is 0 Å². The minimum absolute atomic E-state index is 0. The largest absolute Gasteiger partial charge is 0.378 e. The van der Waals surface area contributed by atoms with Crippen LogP contribution in [0.2, 0.25) is 0 Å². The molecule has 1 aromatic rings. The molecule has 0 radical (unpaired) electrons. The van der Waals surface area contributed by atoms with Crippen molar-refractivity contribution >= 4 is 41.5 Å². The third-order valence-electron chi connectivity index (χ3n) is 8.20. The highest BCUT2D eigenvalue weighted by Gasteiger charge is 2.59. The number of guanidine groups is 1. The Morgan fingerprint density at radius 1 is 1.28 bits per heavy atom. The van der Waals surface area contributed by atoms with E-state index in [1.54, 1.807) is 0 Å². The first-order chi connectivity index (χ1) is 15.2. The fourth-order valence-corrected chi connectivity index (χ4v) is 6.25. The average molecular weight is 553 g/mol. The fourth-order valence-electron chi connectivity index (χ4n) is 6.25. The number of para-hydroxylation sites is 1. The lowest BCUT2D eigenvalue weighted by atomic mass is 9.51. The van der Waals surface area contributed by atoms with Gasteiger partial charge in [-0.05, 0) is 50.7 Å². The van der Waals surface area contributed by atoms with Crippen molar-refractivity contribution in [1.82, 2.24) is 10.2 Å². The van der Waals surface area contributed by atoms with Gasteiger partial charge in [-0.15, -0.1) is 24.0 Å². The smallest absolute Gasteiger partial charge is 0.222 e. The van der Waals surface area contributed by atoms with Gasteiger partial charge in [0.25, 0.3) is 0 Å². The molecule has 2 aliphatic heterocycles. The Labute approximate surface area is 209 Å². The number of nitrogens with one attached hydrogen (secondary N) is 1. The van der Waals surface area contributed by atoms with Crippen LogP contribution in [0.3, 0.4) is 0 Å². The van der Waals surface area contributed by atoms with E-state index >= 15 is 0 Å². The monoisotopic (exact) mass is 552 g/mol. The van der Waals surface area contributed by atoms with Crippen LogP contribution in [0.15, 0.2) is 29.3 Å². The van der Waals surface area contributed by atoms with E-state index in [4.69, 9.17) is 9.73 Å². The van der Waals surface area contributed by atoms with Gasteiger partial charge in [-0.2, -0.15) is 0 Å². The number of anilines is 1. The summed E-state index contributed by atoms with van der Waals surface area (Å²) in [4.78, 5) is 21.2. The molecule has 3 atom stereocenters. The van der Waals surface area contributed by atoms with Crippen LogP contribution in [0.25, 0.3) is 0 Å². The molecule has 2 heterocycles. The van der Waals surface area contributed by atoms with Crippen LogP contribution in [0.4, 0.5) is 5.69 Å². The fraction of sp³-hybridized carbons (Fsp3) is 0.680. The van der Waals surface area contributed by atoms with Gasteiger partial charge in [-0.25, -0.2) is 0 Å². The van der Waals surface area contributed by atoms with Gasteiger partial charge >= 0.3 is 0 Å². The van der Waals surface area contributed by atoms with Crippen molar-refractivity contribution in [2.75, 3.05) is 38.2 Å². The Hall–Kier alpha value is -1.35. The number of hydrogen-bond donors (Lipinski definition) is 1. The minimum Gasteiger partial charge on any atom is -0.378 e. The normalized spacial score (nSPS) is 28.2. The molecule has 0 aromatic heterocycles. The van der Waals surface area contributed by atoms with Crippen molar-refractivity contribution in [2.45, 2.75) is 69.9 Å². The highest BCUT2D eigenvalue weighted by Crippen LogP contribution is 2.57. The Balaban J connectivity index is 0.00000245. The first-order valence-corrected chi connectivity index (χ1v) is 12.2. The molecule has 4 aliphatic rings. The predicted molar refractivity (Wildman–Crippen MR) is 139 cm³/mol. The predicted octanol–water partition coefficient (Wildman–Crippen LogP) is 4.14. The van der Waals surface area contributed by atoms with Gasteiger partial charge < -0.3 is 19.9 Å². The van der Waals surface area contributed by atoms with Gasteiger partial charge in [-0.1, -0.05) is 24.6 Å². The number of nitrogens with zero attached hydrogens (tertiary/aromatic N) is 3. The summed E-state index contributed by atoms with van der Waals surface area (Å²) < 4.78 is 6.04. The highest BCUT2D eigenvalue weighted by molar-refractivity contribution is 14.0. The molecule has 1 aromatic carbocycles. The van der Waals surface area contributed by atoms with Gasteiger partial charge in [0.1, 0.15) is 0 Å². The molecule has 1 spiro atoms. The number of carbonyl (C=O) groups excluding carboxylic acids is 1. The lowest BCUT2D eigenvalue weighted by Gasteiger charge is -2.61. The second-order valence-corrected chi connectivity index (χ2v) is 9.65. The van der Waals surface area contributed by atoms with E-state index < -0.39 is 0 Å². The summed E-state index contributed by atoms with van der Waals surface area (Å²) in [5, 5.41) is 3.82. The summed E-state index contributed by atoms with van der Waals surface area (Å²) >= 11 is 0. The minimum atomic E-state index is 0. The van der Waals surface area contributed by atoms with E-state index in [9.17, 15) is 4.79 Å². The summed E-state index contributed by atoms with van der Waals surface area (Å²) in [6, 6.07) is 9.17. The SMILES string of the molecule is CCOC1CC(NC(=NC)N2CC(CCN3CCCC3=O)c3ccccc32)C12CCC2.I. The molecule has 3 fully saturated rings. The summed E-state index contributed by atoms with van der Waals surface area (Å²) in [6.45, 7) is 5.61. The average Bonchev–Trinajstić information content (AvgIpc) is 3.31. The number of rotatable bonds is 6. The molecule has 176 valence electrons. The van der Waals surface area contributed by atoms with E-state index in [1.807, 2.05) is 11.9 Å². The van der Waals surface area contributed by atoms with Crippen LogP contribution in [0.5, 0.6) is 0 Å². The number of aliphatic imine (C=N–C) groups is 1. The summed E-state index contributed by atoms with van der Waals surface area (Å²) in [7, 11) is 1.90. The molecule has 2 saturated carbocycles. The van der Waals surface area contributed by atoms with Crippen molar-refractivity contribution in [3.63, 3.8) is 0 Å². The van der Waals surface area contributed by atoms with Crippen LogP contribution in [0.1, 0.15) is 63.4 Å². The molecule has 1 N–H and O–H groups in total. The van der Waals surface area contributed by atoms with Crippen molar-refractivity contribution in [1.29, 1.82) is 0 Å². The quantitative estimate of drug-likeness (QED) is 0.328. The molecule has 1 saturated heterocycles. The second kappa shape index (κ2) is 9.87. The Morgan fingerprint density at radius 3 is 2.75 bits per heavy atom. The summed E-state index contributed by atoms with van der Waals surface area (Å²) in [5.74, 6) is 1.73. The van der Waals surface area contributed by atoms with Crippen LogP contribution >= 0.6 is 24.0 Å². The molecule has 7 heteroatoms. The zero-order valence-electron chi connectivity index (χ0n) is 19.4. The number of hydrogen-bond acceptors (Lipinski definition) is 3. The van der Waals surface area contributed by atoms with Crippen LogP contribution in [-0.2, 0) is 9.53 Å². The molecule has 3 unspecified atom stereocenters. The molecule has 32 heavy (non-hydrogen) atoms. The lowest BCUT2D eigenvalue weighted by Crippen LogP contribution is -2.68. The van der Waals surface area contributed by atoms with Crippen LogP contribution in [-0.4, -0.2) is 62.2 Å². The number of amides is 1. The Morgan fingerprint density at radius 2 is 2.09 bits per heavy atom. The Bertz CT molecular complexity index is 856. The zero-order chi connectivity index (χ0) is 21.4. The molecular weight excluding hydrogens is 515 g/mol. The van der Waals surface area contributed by atoms with Crippen LogP contribution < -0.4 is 10.2 Å². The summed E-state index contributed by atoms with van der Waals surface area (Å²) in [6.07, 6.45) is 8.04. The number of ether oxygens (including phenoxy) is 1. The lowest BCUT2D eigenvalue weighted by molar-refractivity contribution is -0.168. The second-order valence-electron chi connectivity index (χ2n) is 9.65. The molecule has 0 bridgehead atoms. The highest BCUT2D eigenvalue weighted by atomic mass is 127. The first-order valence-electron chi connectivity index (χ1n) is 12.2. The topological polar surface area (TPSA) is 57.2 Å². The van der Waals surface area contributed by atoms with Gasteiger partial charge in [0.15, 0.2) is 5.96 Å². The Kier molecular flexibility index (Phi) is 7.34. The standard InChI is InChI=1S/C25H36N4O2.HI/c1-3-31-22-16-21(25(22)12-7-13-25)27-24(26-2)29-17-18(19-8-4-5-9-20(19)29)11-15-28-14-6-10-23(28)30;/h4-5,8-9,18,21-22H,3,6-7,10-17H2,1-2H3,(H,26,27);1H. The zero-order valence-corrected chi connectivity index (χ0v) is 21.7. The van der Waals surface area contributed by atoms with Gasteiger partial charge in [0, 0.05) is 62.8 Å². The van der Waals surface area contributed by atoms with Crippen LogP contribution in [0, 0.1) is 5.41 Å². The molecule has 6 nitrogen and oxygen atoms in total. The van der Waals surface area contributed by atoms with Gasteiger partial charge in [0.05, 0.1) is 6.10 Å².